The Hall–Kier alpha value is -2.04. The molecule has 0 aromatic heterocycles. The highest BCUT2D eigenvalue weighted by atomic mass is 35.5. The van der Waals surface area contributed by atoms with Gasteiger partial charge in [-0.15, -0.1) is 0 Å². The van der Waals surface area contributed by atoms with Crippen molar-refractivity contribution in [2.75, 3.05) is 5.32 Å². The minimum atomic E-state index is -0.683. The van der Waals surface area contributed by atoms with E-state index >= 15 is 0 Å². The van der Waals surface area contributed by atoms with E-state index in [1.54, 1.807) is 12.1 Å². The Morgan fingerprint density at radius 1 is 1.00 bits per heavy atom. The molecule has 0 saturated heterocycles. The van der Waals surface area contributed by atoms with Crippen molar-refractivity contribution >= 4 is 40.7 Å². The normalized spacial score (nSPS) is 14.0. The van der Waals surface area contributed by atoms with Gasteiger partial charge in [0.2, 0.25) is 5.91 Å². The third kappa shape index (κ3) is 4.63. The molecule has 1 aliphatic carbocycles. The molecule has 0 saturated carbocycles. The summed E-state index contributed by atoms with van der Waals surface area (Å²) >= 11 is 12.0. The average Bonchev–Trinajstić information content (AvgIpc) is 3.06. The van der Waals surface area contributed by atoms with Crippen LogP contribution in [0.15, 0.2) is 36.4 Å². The summed E-state index contributed by atoms with van der Waals surface area (Å²) in [6.45, 7) is 3.77. The number of amides is 2. The van der Waals surface area contributed by atoms with E-state index < -0.39 is 11.9 Å². The number of carbonyl (C=O) groups excluding carboxylic acids is 2. The van der Waals surface area contributed by atoms with Crippen LogP contribution in [0.5, 0.6) is 0 Å². The van der Waals surface area contributed by atoms with Gasteiger partial charge in [-0.2, -0.15) is 0 Å². The number of halogens is 2. The monoisotopic (exact) mass is 404 g/mol. The molecule has 2 aromatic carbocycles. The highest BCUT2D eigenvalue weighted by Crippen LogP contribution is 2.25. The second kappa shape index (κ2) is 8.32. The average molecular weight is 405 g/mol. The first-order chi connectivity index (χ1) is 12.8. The quantitative estimate of drug-likeness (QED) is 0.745. The number of aryl methyl sites for hydroxylation is 2. The second-order valence-corrected chi connectivity index (χ2v) is 7.99. The molecule has 2 aromatic rings. The number of anilines is 1. The molecule has 0 radical (unpaired) electrons. The maximum absolute atomic E-state index is 12.8. The lowest BCUT2D eigenvalue weighted by molar-refractivity contribution is -0.118. The molecular formula is C21H22Cl2N2O2. The van der Waals surface area contributed by atoms with Crippen molar-refractivity contribution in [3.05, 3.63) is 63.1 Å². The Labute approximate surface area is 169 Å². The van der Waals surface area contributed by atoms with E-state index in [0.29, 0.717) is 5.02 Å². The zero-order valence-corrected chi connectivity index (χ0v) is 16.8. The molecular weight excluding hydrogens is 383 g/mol. The number of fused-ring (bicyclic) bond motifs is 1. The number of nitrogens with one attached hydrogen (secondary N) is 2. The molecule has 1 aliphatic rings. The molecule has 6 heteroatoms. The van der Waals surface area contributed by atoms with Gasteiger partial charge in [-0.3, -0.25) is 9.59 Å². The van der Waals surface area contributed by atoms with Gasteiger partial charge in [-0.25, -0.2) is 0 Å². The molecule has 0 bridgehead atoms. The summed E-state index contributed by atoms with van der Waals surface area (Å²) < 4.78 is 0. The van der Waals surface area contributed by atoms with Gasteiger partial charge >= 0.3 is 0 Å². The van der Waals surface area contributed by atoms with Gasteiger partial charge in [-0.05, 0) is 66.6 Å². The summed E-state index contributed by atoms with van der Waals surface area (Å²) in [6, 6.07) is 9.97. The van der Waals surface area contributed by atoms with Crippen molar-refractivity contribution in [1.29, 1.82) is 0 Å². The van der Waals surface area contributed by atoms with E-state index in [-0.39, 0.29) is 22.4 Å². The SMILES string of the molecule is CC(C)[C@H](NC(=O)c1ccc(Cl)cc1Cl)C(=O)Nc1ccc2c(c1)CCC2. The van der Waals surface area contributed by atoms with Crippen molar-refractivity contribution in [3.8, 4) is 0 Å². The summed E-state index contributed by atoms with van der Waals surface area (Å²) in [5.41, 5.74) is 3.67. The molecule has 0 heterocycles. The lowest BCUT2D eigenvalue weighted by Gasteiger charge is -2.22. The maximum atomic E-state index is 12.8. The van der Waals surface area contributed by atoms with Crippen molar-refractivity contribution < 1.29 is 9.59 Å². The van der Waals surface area contributed by atoms with Crippen molar-refractivity contribution in [3.63, 3.8) is 0 Å². The van der Waals surface area contributed by atoms with Crippen LogP contribution in [0.4, 0.5) is 5.69 Å². The number of benzene rings is 2. The summed E-state index contributed by atoms with van der Waals surface area (Å²) in [5.74, 6) is -0.740. The minimum Gasteiger partial charge on any atom is -0.340 e. The number of rotatable bonds is 5. The lowest BCUT2D eigenvalue weighted by atomic mass is 10.0. The minimum absolute atomic E-state index is 0.0885. The van der Waals surface area contributed by atoms with Crippen LogP contribution in [0.25, 0.3) is 0 Å². The van der Waals surface area contributed by atoms with E-state index in [1.165, 1.54) is 17.2 Å². The van der Waals surface area contributed by atoms with Crippen molar-refractivity contribution in [2.24, 2.45) is 5.92 Å². The van der Waals surface area contributed by atoms with E-state index in [0.717, 1.165) is 24.9 Å². The Bertz CT molecular complexity index is 880. The zero-order valence-electron chi connectivity index (χ0n) is 15.3. The smallest absolute Gasteiger partial charge is 0.253 e. The summed E-state index contributed by atoms with van der Waals surface area (Å²) in [7, 11) is 0. The fourth-order valence-corrected chi connectivity index (χ4v) is 3.79. The van der Waals surface area contributed by atoms with Crippen LogP contribution in [0, 0.1) is 5.92 Å². The Morgan fingerprint density at radius 2 is 1.74 bits per heavy atom. The van der Waals surface area contributed by atoms with Crippen LogP contribution in [-0.4, -0.2) is 17.9 Å². The molecule has 0 fully saturated rings. The van der Waals surface area contributed by atoms with Crippen molar-refractivity contribution in [1.82, 2.24) is 5.32 Å². The number of hydrogen-bond donors (Lipinski definition) is 2. The molecule has 0 aliphatic heterocycles. The van der Waals surface area contributed by atoms with Gasteiger partial charge in [0.05, 0.1) is 10.6 Å². The fraction of sp³-hybridized carbons (Fsp3) is 0.333. The molecule has 2 N–H and O–H groups in total. The fourth-order valence-electron chi connectivity index (χ4n) is 3.30. The maximum Gasteiger partial charge on any atom is 0.253 e. The van der Waals surface area contributed by atoms with E-state index in [9.17, 15) is 9.59 Å². The van der Waals surface area contributed by atoms with Gasteiger partial charge in [-0.1, -0.05) is 43.1 Å². The predicted molar refractivity (Wildman–Crippen MR) is 110 cm³/mol. The number of carbonyl (C=O) groups is 2. The third-order valence-corrected chi connectivity index (χ3v) is 5.33. The van der Waals surface area contributed by atoms with Crippen LogP contribution in [0.1, 0.15) is 41.8 Å². The second-order valence-electron chi connectivity index (χ2n) is 7.15. The molecule has 142 valence electrons. The summed E-state index contributed by atoms with van der Waals surface area (Å²) in [6.07, 6.45) is 3.29. The van der Waals surface area contributed by atoms with Gasteiger partial charge in [0.15, 0.2) is 0 Å². The van der Waals surface area contributed by atoms with Crippen LogP contribution < -0.4 is 10.6 Å². The van der Waals surface area contributed by atoms with E-state index in [2.05, 4.69) is 16.7 Å². The van der Waals surface area contributed by atoms with Gasteiger partial charge in [0.25, 0.3) is 5.91 Å². The standard InChI is InChI=1S/C21H22Cl2N2O2/c1-12(2)19(25-20(26)17-9-7-15(22)11-18(17)23)21(27)24-16-8-6-13-4-3-5-14(13)10-16/h6-12,19H,3-5H2,1-2H3,(H,24,27)(H,25,26)/t19-/m0/s1. The number of hydrogen-bond acceptors (Lipinski definition) is 2. The first-order valence-electron chi connectivity index (χ1n) is 9.03. The summed E-state index contributed by atoms with van der Waals surface area (Å²) in [5, 5.41) is 6.41. The van der Waals surface area contributed by atoms with Gasteiger partial charge in [0, 0.05) is 10.7 Å². The lowest BCUT2D eigenvalue weighted by Crippen LogP contribution is -2.47. The van der Waals surface area contributed by atoms with Gasteiger partial charge < -0.3 is 10.6 Å². The molecule has 1 atom stereocenters. The topological polar surface area (TPSA) is 58.2 Å². The molecule has 3 rings (SSSR count). The molecule has 0 spiro atoms. The van der Waals surface area contributed by atoms with E-state index in [1.807, 2.05) is 26.0 Å². The highest BCUT2D eigenvalue weighted by Gasteiger charge is 2.26. The molecule has 4 nitrogen and oxygen atoms in total. The summed E-state index contributed by atoms with van der Waals surface area (Å²) in [4.78, 5) is 25.4. The predicted octanol–water partition coefficient (Wildman–Crippen LogP) is 4.88. The largest absolute Gasteiger partial charge is 0.340 e. The van der Waals surface area contributed by atoms with Crippen LogP contribution in [0.3, 0.4) is 0 Å². The van der Waals surface area contributed by atoms with Crippen LogP contribution in [0.2, 0.25) is 10.0 Å². The Balaban J connectivity index is 1.72. The first-order valence-corrected chi connectivity index (χ1v) is 9.79. The molecule has 2 amide bonds. The zero-order chi connectivity index (χ0) is 19.6. The van der Waals surface area contributed by atoms with E-state index in [4.69, 9.17) is 23.2 Å². The molecule has 27 heavy (non-hydrogen) atoms. The molecule has 0 unspecified atom stereocenters. The highest BCUT2D eigenvalue weighted by molar-refractivity contribution is 6.36. The van der Waals surface area contributed by atoms with Crippen LogP contribution in [-0.2, 0) is 17.6 Å². The van der Waals surface area contributed by atoms with Gasteiger partial charge in [0.1, 0.15) is 6.04 Å². The van der Waals surface area contributed by atoms with Crippen molar-refractivity contribution in [2.45, 2.75) is 39.2 Å². The first kappa shape index (κ1) is 19.7. The Morgan fingerprint density at radius 3 is 2.44 bits per heavy atom. The Kier molecular flexibility index (Phi) is 6.08. The van der Waals surface area contributed by atoms with Crippen LogP contribution >= 0.6 is 23.2 Å². The third-order valence-electron chi connectivity index (χ3n) is 4.78.